The molecule has 2 aliphatic heterocycles. The number of nitrogens with one attached hydrogen (secondary N) is 1. The molecule has 0 bridgehead atoms. The molecule has 46 heavy (non-hydrogen) atoms. The van der Waals surface area contributed by atoms with Gasteiger partial charge in [0.05, 0.1) is 49.0 Å². The number of hydrogen-bond acceptors (Lipinski definition) is 8. The first kappa shape index (κ1) is 32.7. The van der Waals surface area contributed by atoms with Crippen molar-refractivity contribution >= 4 is 11.9 Å². The second kappa shape index (κ2) is 15.0. The minimum Gasteiger partial charge on any atom is -0.466 e. The number of piperidine rings is 1. The van der Waals surface area contributed by atoms with E-state index >= 15 is 0 Å². The molecule has 0 saturated carbocycles. The Labute approximate surface area is 271 Å². The molecule has 2 heterocycles. The second-order valence-corrected chi connectivity index (χ2v) is 11.8. The van der Waals surface area contributed by atoms with E-state index in [4.69, 9.17) is 14.2 Å². The van der Waals surface area contributed by atoms with Crippen molar-refractivity contribution in [3.8, 4) is 6.07 Å². The summed E-state index contributed by atoms with van der Waals surface area (Å²) < 4.78 is 16.6. The normalized spacial score (nSPS) is 18.0. The maximum Gasteiger partial charge on any atom is 0.336 e. The van der Waals surface area contributed by atoms with Gasteiger partial charge < -0.3 is 24.4 Å². The largest absolute Gasteiger partial charge is 0.466 e. The van der Waals surface area contributed by atoms with Gasteiger partial charge in [0, 0.05) is 23.4 Å². The number of carbonyl (C=O) groups excluding carboxylic acids is 2. The highest BCUT2D eigenvalue weighted by molar-refractivity contribution is 5.99. The minimum atomic E-state index is -0.742. The van der Waals surface area contributed by atoms with Gasteiger partial charge in [-0.3, -0.25) is 0 Å². The number of allylic oxidation sites excluding steroid dienone is 2. The zero-order chi connectivity index (χ0) is 32.5. The topological polar surface area (TPSA) is 101 Å². The molecule has 8 nitrogen and oxygen atoms in total. The van der Waals surface area contributed by atoms with E-state index in [0.717, 1.165) is 32.5 Å². The Morgan fingerprint density at radius 3 is 2.04 bits per heavy atom. The lowest BCUT2D eigenvalue weighted by molar-refractivity contribution is -0.141. The Morgan fingerprint density at radius 1 is 0.848 bits per heavy atom. The fourth-order valence-electron chi connectivity index (χ4n) is 6.75. The number of dihydropyridines is 1. The fraction of sp³-hybridized carbons (Fsp3) is 0.342. The van der Waals surface area contributed by atoms with Gasteiger partial charge in [0.15, 0.2) is 0 Å². The number of benzene rings is 3. The molecule has 3 aromatic rings. The fourth-order valence-corrected chi connectivity index (χ4v) is 6.75. The summed E-state index contributed by atoms with van der Waals surface area (Å²) in [6, 6.07) is 30.6. The van der Waals surface area contributed by atoms with Crippen LogP contribution in [0.3, 0.4) is 0 Å². The monoisotopic (exact) mass is 619 g/mol. The molecular formula is C38H41N3O5. The second-order valence-electron chi connectivity index (χ2n) is 11.8. The quantitative estimate of drug-likeness (QED) is 0.219. The van der Waals surface area contributed by atoms with E-state index in [1.165, 1.54) is 18.2 Å². The van der Waals surface area contributed by atoms with Gasteiger partial charge in [0.25, 0.3) is 0 Å². The molecule has 1 saturated heterocycles. The van der Waals surface area contributed by atoms with Crippen LogP contribution >= 0.6 is 0 Å². The number of likely N-dealkylation sites (tertiary alicyclic amines) is 1. The Kier molecular flexibility index (Phi) is 10.7. The van der Waals surface area contributed by atoms with Gasteiger partial charge in [-0.05, 0) is 68.6 Å². The van der Waals surface area contributed by atoms with Crippen LogP contribution in [0.1, 0.15) is 54.9 Å². The van der Waals surface area contributed by atoms with Crippen molar-refractivity contribution in [2.75, 3.05) is 46.6 Å². The summed E-state index contributed by atoms with van der Waals surface area (Å²) in [6.45, 7) is 7.12. The number of hydrogen-bond donors (Lipinski definition) is 1. The predicted octanol–water partition coefficient (Wildman–Crippen LogP) is 5.61. The summed E-state index contributed by atoms with van der Waals surface area (Å²) in [5.74, 6) is -1.85. The van der Waals surface area contributed by atoms with Gasteiger partial charge in [-0.1, -0.05) is 72.8 Å². The third-order valence-electron chi connectivity index (χ3n) is 9.11. The molecule has 0 aromatic heterocycles. The first-order chi connectivity index (χ1) is 22.4. The van der Waals surface area contributed by atoms with E-state index < -0.39 is 17.9 Å². The van der Waals surface area contributed by atoms with E-state index in [-0.39, 0.29) is 18.6 Å². The molecule has 0 spiro atoms. The van der Waals surface area contributed by atoms with Crippen LogP contribution in [-0.2, 0) is 29.2 Å². The van der Waals surface area contributed by atoms with Gasteiger partial charge in [0.2, 0.25) is 0 Å². The van der Waals surface area contributed by atoms with Crippen molar-refractivity contribution in [1.82, 2.24) is 10.2 Å². The number of nitrogens with zero attached hydrogens (tertiary/aromatic N) is 2. The number of nitriles is 1. The van der Waals surface area contributed by atoms with E-state index in [9.17, 15) is 14.9 Å². The van der Waals surface area contributed by atoms with Crippen LogP contribution in [0, 0.1) is 11.3 Å². The summed E-state index contributed by atoms with van der Waals surface area (Å²) in [7, 11) is 1.30. The van der Waals surface area contributed by atoms with E-state index in [1.807, 2.05) is 0 Å². The van der Waals surface area contributed by atoms with Crippen LogP contribution in [0.15, 0.2) is 107 Å². The first-order valence-corrected chi connectivity index (χ1v) is 15.7. The van der Waals surface area contributed by atoms with Crippen molar-refractivity contribution in [3.63, 3.8) is 0 Å². The highest BCUT2D eigenvalue weighted by Crippen LogP contribution is 2.42. The summed E-state index contributed by atoms with van der Waals surface area (Å²) >= 11 is 0. The van der Waals surface area contributed by atoms with Crippen LogP contribution < -0.4 is 5.32 Å². The average Bonchev–Trinajstić information content (AvgIpc) is 3.10. The smallest absolute Gasteiger partial charge is 0.336 e. The molecule has 0 aliphatic carbocycles. The molecule has 1 fully saturated rings. The van der Waals surface area contributed by atoms with Gasteiger partial charge >= 0.3 is 11.9 Å². The van der Waals surface area contributed by atoms with Crippen LogP contribution in [-0.4, -0.2) is 63.4 Å². The molecule has 2 aliphatic rings. The van der Waals surface area contributed by atoms with Crippen LogP contribution in [0.4, 0.5) is 0 Å². The summed E-state index contributed by atoms with van der Waals surface area (Å²) in [5.41, 5.74) is 5.55. The molecular weight excluding hydrogens is 578 g/mol. The zero-order valence-corrected chi connectivity index (χ0v) is 26.8. The summed E-state index contributed by atoms with van der Waals surface area (Å²) in [4.78, 5) is 28.7. The van der Waals surface area contributed by atoms with E-state index in [1.54, 1.807) is 38.1 Å². The lowest BCUT2D eigenvalue weighted by atomic mass is 9.68. The van der Waals surface area contributed by atoms with E-state index in [2.05, 4.69) is 76.9 Å². The van der Waals surface area contributed by atoms with Crippen molar-refractivity contribution in [2.45, 2.75) is 38.0 Å². The van der Waals surface area contributed by atoms with Crippen molar-refractivity contribution in [2.24, 2.45) is 0 Å². The van der Waals surface area contributed by atoms with E-state index in [0.29, 0.717) is 40.3 Å². The molecule has 0 radical (unpaired) electrons. The molecule has 5 rings (SSSR count). The summed E-state index contributed by atoms with van der Waals surface area (Å²) in [6.07, 6.45) is 2.06. The van der Waals surface area contributed by atoms with Crippen molar-refractivity contribution < 1.29 is 23.8 Å². The average molecular weight is 620 g/mol. The number of methoxy groups -OCH3 is 1. The number of rotatable bonds is 11. The predicted molar refractivity (Wildman–Crippen MR) is 176 cm³/mol. The van der Waals surface area contributed by atoms with Gasteiger partial charge in [-0.15, -0.1) is 0 Å². The number of carbonyl (C=O) groups is 2. The minimum absolute atomic E-state index is 0.00408. The van der Waals surface area contributed by atoms with Gasteiger partial charge in [0.1, 0.15) is 6.61 Å². The van der Waals surface area contributed by atoms with Gasteiger partial charge in [-0.25, -0.2) is 9.59 Å². The molecule has 238 valence electrons. The molecule has 0 amide bonds. The number of ether oxygens (including phenoxy) is 3. The van der Waals surface area contributed by atoms with Crippen molar-refractivity contribution in [1.29, 1.82) is 5.26 Å². The van der Waals surface area contributed by atoms with Crippen LogP contribution in [0.25, 0.3) is 0 Å². The zero-order valence-electron chi connectivity index (χ0n) is 26.8. The standard InChI is InChI=1S/C38H41N3O5/c1-27-33(36(42)44-3)35(30-12-10-11-29(25-30)26-39)34(28(2)40-27)37(43)46-24-23-45-22-21-41-19-17-38(18-20-41,31-13-6-4-7-14-31)32-15-8-5-9-16-32/h4-16,25,35,40H,17-24H2,1-3H3. The molecule has 1 unspecified atom stereocenters. The molecule has 1 N–H and O–H groups in total. The highest BCUT2D eigenvalue weighted by atomic mass is 16.6. The summed E-state index contributed by atoms with van der Waals surface area (Å²) in [5, 5.41) is 12.6. The lowest BCUT2D eigenvalue weighted by Crippen LogP contribution is -2.44. The Morgan fingerprint density at radius 2 is 1.46 bits per heavy atom. The van der Waals surface area contributed by atoms with Crippen LogP contribution in [0.5, 0.6) is 0 Å². The Bertz CT molecular complexity index is 1590. The Balaban J connectivity index is 1.15. The lowest BCUT2D eigenvalue weighted by Gasteiger charge is -2.43. The van der Waals surface area contributed by atoms with Gasteiger partial charge in [-0.2, -0.15) is 5.26 Å². The van der Waals surface area contributed by atoms with Crippen molar-refractivity contribution in [3.05, 3.63) is 130 Å². The number of esters is 2. The maximum atomic E-state index is 13.5. The highest BCUT2D eigenvalue weighted by Gasteiger charge is 2.39. The Hall–Kier alpha value is -4.71. The molecule has 3 aromatic carbocycles. The SMILES string of the molecule is COC(=O)C1=C(C)NC(C)=C(C(=O)OCCOCCN2CCC(c3ccccc3)(c3ccccc3)CC2)C1c1cccc(C#N)c1. The van der Waals surface area contributed by atoms with Crippen LogP contribution in [0.2, 0.25) is 0 Å². The third kappa shape index (κ3) is 7.07. The third-order valence-corrected chi connectivity index (χ3v) is 9.11. The maximum absolute atomic E-state index is 13.5. The molecule has 1 atom stereocenters. The first-order valence-electron chi connectivity index (χ1n) is 15.7. The molecule has 8 heteroatoms.